The van der Waals surface area contributed by atoms with E-state index in [4.69, 9.17) is 20.9 Å². The number of benzene rings is 1. The van der Waals surface area contributed by atoms with Gasteiger partial charge in [0.1, 0.15) is 6.61 Å². The normalized spacial score (nSPS) is 20.6. The van der Waals surface area contributed by atoms with Crippen molar-refractivity contribution in [2.75, 3.05) is 12.3 Å². The number of nitrogen functional groups attached to an aromatic ring is 1. The second-order valence-corrected chi connectivity index (χ2v) is 2.67. The highest BCUT2D eigenvalue weighted by Gasteiger charge is 2.16. The van der Waals surface area contributed by atoms with Crippen LogP contribution in [0.4, 0.5) is 5.69 Å². The van der Waals surface area contributed by atoms with Gasteiger partial charge in [-0.2, -0.15) is 0 Å². The number of hydrogen-bond donors (Lipinski definition) is 2. The zero-order valence-electron chi connectivity index (χ0n) is 6.49. The molecule has 1 unspecified atom stereocenters. The number of nitrogens with two attached hydrogens (primary N) is 2. The van der Waals surface area contributed by atoms with E-state index < -0.39 is 0 Å². The average molecular weight is 166 g/mol. The molecule has 2 rings (SSSR count). The van der Waals surface area contributed by atoms with Crippen LogP contribution in [0.1, 0.15) is 0 Å². The predicted molar refractivity (Wildman–Crippen MR) is 45.0 cm³/mol. The Morgan fingerprint density at radius 1 is 1.33 bits per heavy atom. The van der Waals surface area contributed by atoms with Gasteiger partial charge in [0.2, 0.25) is 0 Å². The summed E-state index contributed by atoms with van der Waals surface area (Å²) in [4.78, 5) is 0. The van der Waals surface area contributed by atoms with E-state index in [0.29, 0.717) is 23.8 Å². The highest BCUT2D eigenvalue weighted by molar-refractivity contribution is 5.52. The SMILES string of the molecule is Nc1ccc2c(c1)OC(N)CO2. The maximum Gasteiger partial charge on any atom is 0.182 e. The Bertz CT molecular complexity index is 301. The summed E-state index contributed by atoms with van der Waals surface area (Å²) in [7, 11) is 0. The molecule has 0 saturated carbocycles. The molecule has 4 nitrogen and oxygen atoms in total. The molecular weight excluding hydrogens is 156 g/mol. The lowest BCUT2D eigenvalue weighted by molar-refractivity contribution is 0.0959. The minimum Gasteiger partial charge on any atom is -0.484 e. The van der Waals surface area contributed by atoms with Gasteiger partial charge in [0.15, 0.2) is 17.7 Å². The van der Waals surface area contributed by atoms with Gasteiger partial charge >= 0.3 is 0 Å². The fourth-order valence-electron chi connectivity index (χ4n) is 1.11. The summed E-state index contributed by atoms with van der Waals surface area (Å²) in [5.41, 5.74) is 11.7. The fourth-order valence-corrected chi connectivity index (χ4v) is 1.11. The van der Waals surface area contributed by atoms with Crippen LogP contribution < -0.4 is 20.9 Å². The van der Waals surface area contributed by atoms with Crippen molar-refractivity contribution in [2.24, 2.45) is 5.73 Å². The van der Waals surface area contributed by atoms with Crippen molar-refractivity contribution in [3.05, 3.63) is 18.2 Å². The van der Waals surface area contributed by atoms with E-state index in [1.807, 2.05) is 0 Å². The van der Waals surface area contributed by atoms with Crippen molar-refractivity contribution < 1.29 is 9.47 Å². The van der Waals surface area contributed by atoms with E-state index in [0.717, 1.165) is 0 Å². The van der Waals surface area contributed by atoms with Crippen LogP contribution in [0.5, 0.6) is 11.5 Å². The summed E-state index contributed by atoms with van der Waals surface area (Å²) in [6.07, 6.45) is -0.390. The van der Waals surface area contributed by atoms with Gasteiger partial charge in [0.05, 0.1) is 0 Å². The highest BCUT2D eigenvalue weighted by atomic mass is 16.6. The molecule has 0 amide bonds. The van der Waals surface area contributed by atoms with Crippen LogP contribution in [0.25, 0.3) is 0 Å². The number of rotatable bonds is 0. The zero-order valence-corrected chi connectivity index (χ0v) is 6.49. The molecule has 0 fully saturated rings. The summed E-state index contributed by atoms with van der Waals surface area (Å²) in [6, 6.07) is 5.24. The third-order valence-corrected chi connectivity index (χ3v) is 1.65. The van der Waals surface area contributed by atoms with Gasteiger partial charge in [-0.25, -0.2) is 0 Å². The number of fused-ring (bicyclic) bond motifs is 1. The Balaban J connectivity index is 2.37. The first-order valence-electron chi connectivity index (χ1n) is 3.70. The van der Waals surface area contributed by atoms with E-state index >= 15 is 0 Å². The number of hydrogen-bond acceptors (Lipinski definition) is 4. The molecule has 1 aliphatic heterocycles. The summed E-state index contributed by atoms with van der Waals surface area (Å²) in [5, 5.41) is 0. The van der Waals surface area contributed by atoms with Gasteiger partial charge in [-0.15, -0.1) is 0 Å². The molecule has 12 heavy (non-hydrogen) atoms. The lowest BCUT2D eigenvalue weighted by Gasteiger charge is -2.23. The zero-order chi connectivity index (χ0) is 8.55. The minimum absolute atomic E-state index is 0.386. The van der Waals surface area contributed by atoms with Crippen molar-refractivity contribution in [3.63, 3.8) is 0 Å². The standard InChI is InChI=1S/C8H10N2O2/c9-5-1-2-6-7(3-5)12-8(10)4-11-6/h1-3,8H,4,9-10H2. The van der Waals surface area contributed by atoms with Crippen LogP contribution in [0.15, 0.2) is 18.2 Å². The molecule has 1 atom stereocenters. The van der Waals surface area contributed by atoms with Crippen molar-refractivity contribution in [2.45, 2.75) is 6.23 Å². The molecule has 0 radical (unpaired) electrons. The van der Waals surface area contributed by atoms with E-state index in [1.54, 1.807) is 18.2 Å². The molecule has 1 aromatic carbocycles. The Kier molecular flexibility index (Phi) is 1.55. The quantitative estimate of drug-likeness (QED) is 0.545. The minimum atomic E-state index is -0.390. The average Bonchev–Trinajstić information content (AvgIpc) is 2.03. The first-order valence-corrected chi connectivity index (χ1v) is 3.70. The topological polar surface area (TPSA) is 70.5 Å². The third-order valence-electron chi connectivity index (χ3n) is 1.65. The number of anilines is 1. The second-order valence-electron chi connectivity index (χ2n) is 2.67. The molecule has 64 valence electrons. The molecule has 0 spiro atoms. The molecule has 1 heterocycles. The van der Waals surface area contributed by atoms with Gasteiger partial charge in [-0.05, 0) is 12.1 Å². The van der Waals surface area contributed by atoms with Gasteiger partial charge in [0.25, 0.3) is 0 Å². The third kappa shape index (κ3) is 1.16. The van der Waals surface area contributed by atoms with Crippen LogP contribution >= 0.6 is 0 Å². The molecule has 0 saturated heterocycles. The van der Waals surface area contributed by atoms with Gasteiger partial charge in [0, 0.05) is 11.8 Å². The van der Waals surface area contributed by atoms with Crippen molar-refractivity contribution in [1.82, 2.24) is 0 Å². The van der Waals surface area contributed by atoms with E-state index in [9.17, 15) is 0 Å². The molecule has 0 aliphatic carbocycles. The fraction of sp³-hybridized carbons (Fsp3) is 0.250. The van der Waals surface area contributed by atoms with Crippen LogP contribution in [0.3, 0.4) is 0 Å². The molecule has 4 N–H and O–H groups in total. The summed E-state index contributed by atoms with van der Waals surface area (Å²) >= 11 is 0. The number of ether oxygens (including phenoxy) is 2. The smallest absolute Gasteiger partial charge is 0.182 e. The van der Waals surface area contributed by atoms with E-state index in [2.05, 4.69) is 0 Å². The van der Waals surface area contributed by atoms with Crippen molar-refractivity contribution in [3.8, 4) is 11.5 Å². The van der Waals surface area contributed by atoms with Gasteiger partial charge in [-0.3, -0.25) is 5.73 Å². The summed E-state index contributed by atoms with van der Waals surface area (Å²) < 4.78 is 10.6. The summed E-state index contributed by atoms with van der Waals surface area (Å²) in [6.45, 7) is 0.386. The van der Waals surface area contributed by atoms with Gasteiger partial charge < -0.3 is 15.2 Å². The predicted octanol–water partition coefficient (Wildman–Crippen LogP) is 0.325. The molecular formula is C8H10N2O2. The first-order chi connectivity index (χ1) is 5.75. The lowest BCUT2D eigenvalue weighted by Crippen LogP contribution is -2.36. The Morgan fingerprint density at radius 3 is 3.00 bits per heavy atom. The van der Waals surface area contributed by atoms with Crippen molar-refractivity contribution in [1.29, 1.82) is 0 Å². The Hall–Kier alpha value is -1.42. The molecule has 0 aromatic heterocycles. The maximum atomic E-state index is 5.55. The molecule has 1 aromatic rings. The summed E-state index contributed by atoms with van der Waals surface area (Å²) in [5.74, 6) is 1.32. The van der Waals surface area contributed by atoms with Crippen LogP contribution in [-0.4, -0.2) is 12.8 Å². The molecule has 4 heteroatoms. The molecule has 0 bridgehead atoms. The highest BCUT2D eigenvalue weighted by Crippen LogP contribution is 2.32. The van der Waals surface area contributed by atoms with Crippen LogP contribution in [-0.2, 0) is 0 Å². The largest absolute Gasteiger partial charge is 0.484 e. The van der Waals surface area contributed by atoms with Gasteiger partial charge in [-0.1, -0.05) is 0 Å². The second kappa shape index (κ2) is 2.57. The van der Waals surface area contributed by atoms with Crippen molar-refractivity contribution >= 4 is 5.69 Å². The monoisotopic (exact) mass is 166 g/mol. The maximum absolute atomic E-state index is 5.55. The Labute approximate surface area is 70.1 Å². The molecule has 1 aliphatic rings. The van der Waals surface area contributed by atoms with E-state index in [-0.39, 0.29) is 6.23 Å². The van der Waals surface area contributed by atoms with Crippen LogP contribution in [0, 0.1) is 0 Å². The lowest BCUT2D eigenvalue weighted by atomic mass is 10.2. The van der Waals surface area contributed by atoms with Crippen LogP contribution in [0.2, 0.25) is 0 Å². The van der Waals surface area contributed by atoms with E-state index in [1.165, 1.54) is 0 Å². The Morgan fingerprint density at radius 2 is 2.17 bits per heavy atom. The first kappa shape index (κ1) is 7.24.